The van der Waals surface area contributed by atoms with Gasteiger partial charge in [0, 0.05) is 18.0 Å². The second kappa shape index (κ2) is 5.06. The molecule has 21 heavy (non-hydrogen) atoms. The molecule has 1 aliphatic carbocycles. The summed E-state index contributed by atoms with van der Waals surface area (Å²) in [5, 5.41) is 14.7. The Hall–Kier alpha value is -2.04. The summed E-state index contributed by atoms with van der Waals surface area (Å²) in [5.74, 6) is 1.75. The molecule has 5 heteroatoms. The molecule has 3 rings (SSSR count). The van der Waals surface area contributed by atoms with E-state index in [1.165, 1.54) is 6.07 Å². The molecule has 0 bridgehead atoms. The number of ether oxygens (including phenoxy) is 1. The Bertz CT molecular complexity index is 610. The Morgan fingerprint density at radius 2 is 2.19 bits per heavy atom. The molecule has 0 unspecified atom stereocenters. The lowest BCUT2D eigenvalue weighted by Crippen LogP contribution is -2.39. The first-order chi connectivity index (χ1) is 10.0. The van der Waals surface area contributed by atoms with Crippen LogP contribution in [0.1, 0.15) is 31.7 Å². The van der Waals surface area contributed by atoms with Crippen LogP contribution in [0.4, 0.5) is 11.4 Å². The molecule has 2 aliphatic rings. The number of benzene rings is 1. The van der Waals surface area contributed by atoms with Crippen molar-refractivity contribution in [3.8, 4) is 5.75 Å². The second-order valence-corrected chi connectivity index (χ2v) is 6.14. The van der Waals surface area contributed by atoms with Crippen LogP contribution in [0.25, 0.3) is 0 Å². The van der Waals surface area contributed by atoms with Gasteiger partial charge < -0.3 is 10.1 Å². The molecular formula is C16H20N2O3. The number of fused-ring (bicyclic) bond motifs is 3. The van der Waals surface area contributed by atoms with Crippen molar-refractivity contribution in [1.82, 2.24) is 0 Å². The molecule has 1 aliphatic heterocycles. The lowest BCUT2D eigenvalue weighted by molar-refractivity contribution is -0.385. The zero-order valence-corrected chi connectivity index (χ0v) is 12.5. The van der Waals surface area contributed by atoms with Gasteiger partial charge in [0.2, 0.25) is 0 Å². The lowest BCUT2D eigenvalue weighted by Gasteiger charge is -2.39. The summed E-state index contributed by atoms with van der Waals surface area (Å²) in [4.78, 5) is 10.8. The van der Waals surface area contributed by atoms with Crippen molar-refractivity contribution < 1.29 is 9.66 Å². The van der Waals surface area contributed by atoms with Crippen LogP contribution in [0.5, 0.6) is 5.75 Å². The number of hydrogen-bond acceptors (Lipinski definition) is 4. The third-order valence-electron chi connectivity index (χ3n) is 4.61. The van der Waals surface area contributed by atoms with E-state index in [4.69, 9.17) is 4.74 Å². The molecule has 0 saturated heterocycles. The predicted molar refractivity (Wildman–Crippen MR) is 81.9 cm³/mol. The molecule has 3 atom stereocenters. The minimum absolute atomic E-state index is 0.0921. The number of nitrogens with one attached hydrogen (secondary N) is 1. The maximum atomic E-state index is 11.1. The van der Waals surface area contributed by atoms with E-state index >= 15 is 0 Å². The Morgan fingerprint density at radius 1 is 1.43 bits per heavy atom. The Kier molecular flexibility index (Phi) is 3.35. The molecule has 1 aromatic rings. The minimum Gasteiger partial charge on any atom is -0.494 e. The van der Waals surface area contributed by atoms with Crippen molar-refractivity contribution >= 4 is 11.4 Å². The SMILES string of the molecule is COc1cc([N+](=O)[O-])cc2c1N[C@H](C(C)C)[C@H]1CC=C[C@@H]21. The molecule has 112 valence electrons. The molecule has 5 nitrogen and oxygen atoms in total. The largest absolute Gasteiger partial charge is 0.494 e. The summed E-state index contributed by atoms with van der Waals surface area (Å²) in [7, 11) is 1.56. The number of rotatable bonds is 3. The molecular weight excluding hydrogens is 268 g/mol. The molecule has 0 radical (unpaired) electrons. The number of methoxy groups -OCH3 is 1. The second-order valence-electron chi connectivity index (χ2n) is 6.14. The Morgan fingerprint density at radius 3 is 2.81 bits per heavy atom. The van der Waals surface area contributed by atoms with Crippen molar-refractivity contribution in [1.29, 1.82) is 0 Å². The van der Waals surface area contributed by atoms with E-state index in [-0.39, 0.29) is 16.5 Å². The van der Waals surface area contributed by atoms with Crippen molar-refractivity contribution in [2.24, 2.45) is 11.8 Å². The zero-order valence-electron chi connectivity index (χ0n) is 12.5. The van der Waals surface area contributed by atoms with Gasteiger partial charge in [0.15, 0.2) is 0 Å². The van der Waals surface area contributed by atoms with Crippen LogP contribution < -0.4 is 10.1 Å². The van der Waals surface area contributed by atoms with Gasteiger partial charge >= 0.3 is 0 Å². The average molecular weight is 288 g/mol. The van der Waals surface area contributed by atoms with Crippen LogP contribution in [0, 0.1) is 22.0 Å². The molecule has 1 aromatic carbocycles. The Labute approximate surface area is 124 Å². The van der Waals surface area contributed by atoms with Gasteiger partial charge in [-0.25, -0.2) is 0 Å². The van der Waals surface area contributed by atoms with Crippen molar-refractivity contribution in [2.45, 2.75) is 32.2 Å². The quantitative estimate of drug-likeness (QED) is 0.523. The zero-order chi connectivity index (χ0) is 15.1. The minimum atomic E-state index is -0.356. The number of nitro groups is 1. The topological polar surface area (TPSA) is 64.4 Å². The summed E-state index contributed by atoms with van der Waals surface area (Å²) in [6.45, 7) is 4.41. The van der Waals surface area contributed by atoms with Gasteiger partial charge in [0.25, 0.3) is 5.69 Å². The molecule has 1 heterocycles. The monoisotopic (exact) mass is 288 g/mol. The van der Waals surface area contributed by atoms with Gasteiger partial charge in [0.1, 0.15) is 5.75 Å². The highest BCUT2D eigenvalue weighted by Gasteiger charge is 2.40. The standard InChI is InChI=1S/C16H20N2O3/c1-9(2)15-12-6-4-5-11(12)13-7-10(18(19)20)8-14(21-3)16(13)17-15/h4-5,7-9,11-12,15,17H,6H2,1-3H3/t11-,12+,15-/m1/s1. The van der Waals surface area contributed by atoms with Crippen molar-refractivity contribution in [2.75, 3.05) is 12.4 Å². The van der Waals surface area contributed by atoms with Gasteiger partial charge in [-0.2, -0.15) is 0 Å². The fraction of sp³-hybridized carbons (Fsp3) is 0.500. The van der Waals surface area contributed by atoms with E-state index in [0.717, 1.165) is 17.7 Å². The van der Waals surface area contributed by atoms with Crippen molar-refractivity contribution in [3.05, 3.63) is 40.0 Å². The summed E-state index contributed by atoms with van der Waals surface area (Å²) in [6.07, 6.45) is 5.39. The molecule has 1 N–H and O–H groups in total. The number of anilines is 1. The third kappa shape index (κ3) is 2.17. The molecule has 0 fully saturated rings. The molecule has 0 aromatic heterocycles. The Balaban J connectivity index is 2.15. The first-order valence-corrected chi connectivity index (χ1v) is 7.32. The predicted octanol–water partition coefficient (Wildman–Crippen LogP) is 3.71. The average Bonchev–Trinajstić information content (AvgIpc) is 2.94. The fourth-order valence-electron chi connectivity index (χ4n) is 3.62. The number of nitrogens with zero attached hydrogens (tertiary/aromatic N) is 1. The van der Waals surface area contributed by atoms with Crippen LogP contribution in [0.15, 0.2) is 24.3 Å². The number of non-ortho nitro benzene ring substituents is 1. The highest BCUT2D eigenvalue weighted by molar-refractivity contribution is 5.70. The number of hydrogen-bond donors (Lipinski definition) is 1. The molecule has 0 spiro atoms. The van der Waals surface area contributed by atoms with Gasteiger partial charge in [-0.1, -0.05) is 26.0 Å². The maximum absolute atomic E-state index is 11.1. The van der Waals surface area contributed by atoms with E-state index in [2.05, 4.69) is 31.3 Å². The summed E-state index contributed by atoms with van der Waals surface area (Å²) in [5.41, 5.74) is 1.99. The fourth-order valence-corrected chi connectivity index (χ4v) is 3.62. The summed E-state index contributed by atoms with van der Waals surface area (Å²) >= 11 is 0. The van der Waals surface area contributed by atoms with Gasteiger partial charge in [0.05, 0.1) is 23.8 Å². The number of allylic oxidation sites excluding steroid dienone is 2. The van der Waals surface area contributed by atoms with Gasteiger partial charge in [-0.15, -0.1) is 0 Å². The van der Waals surface area contributed by atoms with E-state index in [0.29, 0.717) is 23.6 Å². The molecule has 0 saturated carbocycles. The van der Waals surface area contributed by atoms with E-state index < -0.39 is 0 Å². The third-order valence-corrected chi connectivity index (χ3v) is 4.61. The van der Waals surface area contributed by atoms with Crippen LogP contribution in [0.2, 0.25) is 0 Å². The number of nitro benzene ring substituents is 1. The maximum Gasteiger partial charge on any atom is 0.273 e. The summed E-state index contributed by atoms with van der Waals surface area (Å²) < 4.78 is 5.39. The van der Waals surface area contributed by atoms with Crippen LogP contribution in [-0.2, 0) is 0 Å². The summed E-state index contributed by atoms with van der Waals surface area (Å²) in [6, 6.07) is 3.55. The highest BCUT2D eigenvalue weighted by Crippen LogP contribution is 2.50. The van der Waals surface area contributed by atoms with Crippen LogP contribution in [-0.4, -0.2) is 18.1 Å². The lowest BCUT2D eigenvalue weighted by atomic mass is 9.75. The van der Waals surface area contributed by atoms with Gasteiger partial charge in [-0.05, 0) is 23.8 Å². The first-order valence-electron chi connectivity index (χ1n) is 7.32. The normalized spacial score (nSPS) is 26.2. The smallest absolute Gasteiger partial charge is 0.273 e. The highest BCUT2D eigenvalue weighted by atomic mass is 16.6. The van der Waals surface area contributed by atoms with Gasteiger partial charge in [-0.3, -0.25) is 10.1 Å². The first kappa shape index (κ1) is 13.9. The van der Waals surface area contributed by atoms with Crippen molar-refractivity contribution in [3.63, 3.8) is 0 Å². The van der Waals surface area contributed by atoms with Crippen LogP contribution >= 0.6 is 0 Å². The molecule has 0 amide bonds. The van der Waals surface area contributed by atoms with E-state index in [1.807, 2.05) is 0 Å². The van der Waals surface area contributed by atoms with E-state index in [9.17, 15) is 10.1 Å². The van der Waals surface area contributed by atoms with Crippen LogP contribution in [0.3, 0.4) is 0 Å². The van der Waals surface area contributed by atoms with E-state index in [1.54, 1.807) is 13.2 Å².